The highest BCUT2D eigenvalue weighted by Gasteiger charge is 2.19. The van der Waals surface area contributed by atoms with Gasteiger partial charge in [-0.05, 0) is 26.2 Å². The second-order valence-corrected chi connectivity index (χ2v) is 5.88. The molecule has 1 aromatic heterocycles. The molecule has 0 aromatic carbocycles. The molecule has 20 heavy (non-hydrogen) atoms. The van der Waals surface area contributed by atoms with E-state index < -0.39 is 0 Å². The van der Waals surface area contributed by atoms with Gasteiger partial charge in [-0.1, -0.05) is 11.3 Å². The Balaban J connectivity index is 1.86. The summed E-state index contributed by atoms with van der Waals surface area (Å²) < 4.78 is 5.52. The van der Waals surface area contributed by atoms with E-state index in [1.807, 2.05) is 18.9 Å². The molecule has 1 aromatic rings. The van der Waals surface area contributed by atoms with Crippen LogP contribution in [-0.4, -0.2) is 43.7 Å². The van der Waals surface area contributed by atoms with Crippen molar-refractivity contribution < 1.29 is 9.53 Å². The van der Waals surface area contributed by atoms with Gasteiger partial charge in [-0.25, -0.2) is 4.98 Å². The number of rotatable bonds is 6. The number of nitrogens with zero attached hydrogens (tertiary/aromatic N) is 2. The van der Waals surface area contributed by atoms with E-state index in [0.29, 0.717) is 17.2 Å². The van der Waals surface area contributed by atoms with Gasteiger partial charge < -0.3 is 20.7 Å². The summed E-state index contributed by atoms with van der Waals surface area (Å²) >= 11 is 1.33. The van der Waals surface area contributed by atoms with Crippen molar-refractivity contribution in [2.45, 2.75) is 32.3 Å². The number of nitrogens with one attached hydrogen (secondary N) is 1. The molecule has 2 rings (SSSR count). The molecule has 1 saturated heterocycles. The highest BCUT2D eigenvalue weighted by Crippen LogP contribution is 2.27. The predicted molar refractivity (Wildman–Crippen MR) is 81.4 cm³/mol. The van der Waals surface area contributed by atoms with Gasteiger partial charge in [-0.2, -0.15) is 0 Å². The van der Waals surface area contributed by atoms with Gasteiger partial charge in [0.25, 0.3) is 5.91 Å². The van der Waals surface area contributed by atoms with E-state index in [1.54, 1.807) is 0 Å². The Bertz CT molecular complexity index is 457. The molecule has 7 heteroatoms. The number of hydrogen-bond acceptors (Lipinski definition) is 6. The molecular formula is C13H22N4O2S. The first-order valence-corrected chi connectivity index (χ1v) is 7.80. The normalized spacial score (nSPS) is 18.2. The number of anilines is 2. The SMILES string of the molecule is CCN(C)c1nc(N)c(C(=O)NCCC2CCCO2)s1. The number of ether oxygens (including phenoxy) is 1. The minimum Gasteiger partial charge on any atom is -0.382 e. The maximum Gasteiger partial charge on any atom is 0.265 e. The molecule has 0 aliphatic carbocycles. The van der Waals surface area contributed by atoms with Crippen LogP contribution in [0.25, 0.3) is 0 Å². The zero-order chi connectivity index (χ0) is 14.5. The topological polar surface area (TPSA) is 80.5 Å². The average molecular weight is 298 g/mol. The summed E-state index contributed by atoms with van der Waals surface area (Å²) in [7, 11) is 1.93. The molecule has 1 atom stereocenters. The van der Waals surface area contributed by atoms with Crippen LogP contribution in [0.3, 0.4) is 0 Å². The van der Waals surface area contributed by atoms with Crippen LogP contribution in [0, 0.1) is 0 Å². The molecule has 6 nitrogen and oxygen atoms in total. The number of nitrogen functional groups attached to an aromatic ring is 1. The van der Waals surface area contributed by atoms with Crippen molar-refractivity contribution in [1.82, 2.24) is 10.3 Å². The second kappa shape index (κ2) is 6.90. The fraction of sp³-hybridized carbons (Fsp3) is 0.692. The van der Waals surface area contributed by atoms with E-state index in [-0.39, 0.29) is 12.0 Å². The number of hydrogen-bond donors (Lipinski definition) is 2. The van der Waals surface area contributed by atoms with E-state index in [4.69, 9.17) is 10.5 Å². The third-order valence-electron chi connectivity index (χ3n) is 3.43. The molecule has 0 saturated carbocycles. The van der Waals surface area contributed by atoms with Crippen molar-refractivity contribution in [1.29, 1.82) is 0 Å². The van der Waals surface area contributed by atoms with Crippen LogP contribution in [0.15, 0.2) is 0 Å². The largest absolute Gasteiger partial charge is 0.382 e. The number of amides is 1. The van der Waals surface area contributed by atoms with Gasteiger partial charge in [0.05, 0.1) is 6.10 Å². The highest BCUT2D eigenvalue weighted by atomic mass is 32.1. The molecule has 0 spiro atoms. The molecule has 1 amide bonds. The summed E-state index contributed by atoms with van der Waals surface area (Å²) in [6.45, 7) is 4.30. The van der Waals surface area contributed by atoms with Crippen molar-refractivity contribution in [3.63, 3.8) is 0 Å². The number of nitrogens with two attached hydrogens (primary N) is 1. The van der Waals surface area contributed by atoms with E-state index in [1.165, 1.54) is 11.3 Å². The first kappa shape index (κ1) is 15.1. The Morgan fingerprint density at radius 3 is 3.10 bits per heavy atom. The summed E-state index contributed by atoms with van der Waals surface area (Å²) in [5.74, 6) is 0.161. The molecule has 2 heterocycles. The van der Waals surface area contributed by atoms with Gasteiger partial charge >= 0.3 is 0 Å². The van der Waals surface area contributed by atoms with Gasteiger partial charge in [0.2, 0.25) is 0 Å². The monoisotopic (exact) mass is 298 g/mol. The molecular weight excluding hydrogens is 276 g/mol. The zero-order valence-electron chi connectivity index (χ0n) is 12.0. The highest BCUT2D eigenvalue weighted by molar-refractivity contribution is 7.18. The molecule has 1 aliphatic rings. The third-order valence-corrected chi connectivity index (χ3v) is 4.61. The predicted octanol–water partition coefficient (Wildman–Crippen LogP) is 1.48. The molecule has 1 unspecified atom stereocenters. The van der Waals surface area contributed by atoms with Crippen LogP contribution in [0.5, 0.6) is 0 Å². The van der Waals surface area contributed by atoms with Gasteiger partial charge in [-0.15, -0.1) is 0 Å². The lowest BCUT2D eigenvalue weighted by Crippen LogP contribution is -2.27. The molecule has 3 N–H and O–H groups in total. The fourth-order valence-corrected chi connectivity index (χ4v) is 3.01. The van der Waals surface area contributed by atoms with Gasteiger partial charge in [0.1, 0.15) is 10.7 Å². The zero-order valence-corrected chi connectivity index (χ0v) is 12.8. The maximum atomic E-state index is 12.1. The first-order valence-electron chi connectivity index (χ1n) is 6.99. The Kier molecular flexibility index (Phi) is 5.19. The lowest BCUT2D eigenvalue weighted by molar-refractivity contribution is 0.0911. The molecule has 1 fully saturated rings. The average Bonchev–Trinajstić information content (AvgIpc) is 3.07. The van der Waals surface area contributed by atoms with E-state index >= 15 is 0 Å². The third kappa shape index (κ3) is 3.61. The Hall–Kier alpha value is -1.34. The van der Waals surface area contributed by atoms with E-state index in [0.717, 1.165) is 37.5 Å². The Morgan fingerprint density at radius 2 is 2.45 bits per heavy atom. The van der Waals surface area contributed by atoms with E-state index in [2.05, 4.69) is 10.3 Å². The minimum absolute atomic E-state index is 0.145. The molecule has 112 valence electrons. The quantitative estimate of drug-likeness (QED) is 0.831. The smallest absolute Gasteiger partial charge is 0.265 e. The summed E-state index contributed by atoms with van der Waals surface area (Å²) in [5.41, 5.74) is 5.82. The Labute approximate surface area is 123 Å². The van der Waals surface area contributed by atoms with Crippen LogP contribution in [0.4, 0.5) is 10.9 Å². The fourth-order valence-electron chi connectivity index (χ4n) is 2.08. The Morgan fingerprint density at radius 1 is 1.65 bits per heavy atom. The molecule has 0 bridgehead atoms. The van der Waals surface area contributed by atoms with Crippen molar-refractivity contribution in [3.8, 4) is 0 Å². The summed E-state index contributed by atoms with van der Waals surface area (Å²) in [6, 6.07) is 0. The first-order chi connectivity index (χ1) is 9.61. The van der Waals surface area contributed by atoms with Crippen LogP contribution >= 0.6 is 11.3 Å². The van der Waals surface area contributed by atoms with Gasteiger partial charge in [0, 0.05) is 26.7 Å². The van der Waals surface area contributed by atoms with Gasteiger partial charge in [-0.3, -0.25) is 4.79 Å². The van der Waals surface area contributed by atoms with Crippen LogP contribution in [0.2, 0.25) is 0 Å². The van der Waals surface area contributed by atoms with Crippen molar-refractivity contribution in [2.24, 2.45) is 0 Å². The maximum absolute atomic E-state index is 12.1. The number of carbonyl (C=O) groups is 1. The number of carbonyl (C=O) groups excluding carboxylic acids is 1. The van der Waals surface area contributed by atoms with Crippen molar-refractivity contribution >= 4 is 28.2 Å². The summed E-state index contributed by atoms with van der Waals surface area (Å²) in [6.07, 6.45) is 3.35. The van der Waals surface area contributed by atoms with Crippen LogP contribution < -0.4 is 16.0 Å². The van der Waals surface area contributed by atoms with Crippen LogP contribution in [-0.2, 0) is 4.74 Å². The molecule has 1 aliphatic heterocycles. The number of aromatic nitrogens is 1. The summed E-state index contributed by atoms with van der Waals surface area (Å²) in [4.78, 5) is 18.8. The van der Waals surface area contributed by atoms with Crippen molar-refractivity contribution in [2.75, 3.05) is 37.4 Å². The standard InChI is InChI=1S/C13H22N4O2S/c1-3-17(2)13-16-11(14)10(20-13)12(18)15-7-6-9-5-4-8-19-9/h9H,3-8,14H2,1-2H3,(H,15,18). The summed E-state index contributed by atoms with van der Waals surface area (Å²) in [5, 5.41) is 3.66. The van der Waals surface area contributed by atoms with Gasteiger partial charge in [0.15, 0.2) is 5.13 Å². The second-order valence-electron chi connectivity index (χ2n) is 4.90. The molecule has 0 radical (unpaired) electrons. The van der Waals surface area contributed by atoms with Crippen LogP contribution in [0.1, 0.15) is 35.9 Å². The lowest BCUT2D eigenvalue weighted by Gasteiger charge is -2.11. The lowest BCUT2D eigenvalue weighted by atomic mass is 10.2. The van der Waals surface area contributed by atoms with E-state index in [9.17, 15) is 4.79 Å². The van der Waals surface area contributed by atoms with Crippen molar-refractivity contribution in [3.05, 3.63) is 4.88 Å². The number of thiazole rings is 1. The minimum atomic E-state index is -0.145.